The van der Waals surface area contributed by atoms with Gasteiger partial charge in [-0.1, -0.05) is 70.4 Å². The van der Waals surface area contributed by atoms with Gasteiger partial charge in [0, 0.05) is 32.8 Å². The van der Waals surface area contributed by atoms with Crippen LogP contribution in [0.4, 0.5) is 0 Å². The van der Waals surface area contributed by atoms with E-state index in [0.717, 1.165) is 44.3 Å². The van der Waals surface area contributed by atoms with E-state index in [1.54, 1.807) is 0 Å². The number of aromatic nitrogens is 4. The third-order valence-corrected chi connectivity index (χ3v) is 12.6. The maximum absolute atomic E-state index is 6.69. The van der Waals surface area contributed by atoms with Crippen molar-refractivity contribution < 1.29 is 4.42 Å². The first-order valence-corrected chi connectivity index (χ1v) is 18.8. The molecular formula is C39H34B10N4O. The van der Waals surface area contributed by atoms with Crippen LogP contribution in [0.5, 0.6) is 0 Å². The van der Waals surface area contributed by atoms with Crippen molar-refractivity contribution in [2.24, 2.45) is 0 Å². The summed E-state index contributed by atoms with van der Waals surface area (Å²) in [5.41, 5.74) is 20.6. The van der Waals surface area contributed by atoms with Crippen LogP contribution in [0.25, 0.3) is 83.6 Å². The van der Waals surface area contributed by atoms with Gasteiger partial charge in [-0.05, 0) is 36.4 Å². The van der Waals surface area contributed by atoms with E-state index in [2.05, 4.69) is 168 Å². The molecule has 0 N–H and O–H groups in total. The number of nitrogens with zero attached hydrogens (tertiary/aromatic N) is 4. The molecule has 0 amide bonds. The molecule has 0 fully saturated rings. The summed E-state index contributed by atoms with van der Waals surface area (Å²) in [6.45, 7) is 0. The van der Waals surface area contributed by atoms with E-state index in [-0.39, 0.29) is 0 Å². The molecule has 0 aliphatic heterocycles. The fraction of sp³-hybridized carbons (Fsp3) is 0. The summed E-state index contributed by atoms with van der Waals surface area (Å²) in [6, 6.07) is 30.0. The Morgan fingerprint density at radius 2 is 0.870 bits per heavy atom. The topological polar surface area (TPSA) is 56.7 Å². The number of hydrogen-bond acceptors (Lipinski definition) is 4. The monoisotopic (exact) mass is 684 g/mol. The molecule has 9 aromatic rings. The number of rotatable bonds is 4. The Balaban J connectivity index is 1.30. The highest BCUT2D eigenvalue weighted by Crippen LogP contribution is 2.39. The zero-order valence-corrected chi connectivity index (χ0v) is 32.8. The van der Waals surface area contributed by atoms with E-state index in [4.69, 9.17) is 19.4 Å². The molecule has 9 rings (SSSR count). The highest BCUT2D eigenvalue weighted by molar-refractivity contribution is 6.69. The second-order valence-corrected chi connectivity index (χ2v) is 15.1. The predicted octanol–water partition coefficient (Wildman–Crippen LogP) is -7.55. The minimum atomic E-state index is 0.629. The molecule has 0 saturated carbocycles. The lowest BCUT2D eigenvalue weighted by Crippen LogP contribution is -2.55. The van der Waals surface area contributed by atoms with Gasteiger partial charge in [0.05, 0.1) is 22.1 Å². The van der Waals surface area contributed by atoms with Crippen LogP contribution < -0.4 is 54.6 Å². The maximum Gasteiger partial charge on any atom is 0.164 e. The summed E-state index contributed by atoms with van der Waals surface area (Å²) in [5, 5.41) is 4.59. The number of furan rings is 1. The maximum atomic E-state index is 6.69. The average Bonchev–Trinajstić information content (AvgIpc) is 3.73. The molecule has 3 heterocycles. The summed E-state index contributed by atoms with van der Waals surface area (Å²) in [5.74, 6) is 2.03. The van der Waals surface area contributed by atoms with Crippen molar-refractivity contribution in [3.05, 3.63) is 84.9 Å². The van der Waals surface area contributed by atoms with Gasteiger partial charge < -0.3 is 8.98 Å². The Morgan fingerprint density at radius 1 is 0.407 bits per heavy atom. The van der Waals surface area contributed by atoms with Crippen molar-refractivity contribution in [1.29, 1.82) is 0 Å². The lowest BCUT2D eigenvalue weighted by Gasteiger charge is -2.22. The van der Waals surface area contributed by atoms with E-state index >= 15 is 0 Å². The lowest BCUT2D eigenvalue weighted by atomic mass is 9.60. The molecule has 0 spiro atoms. The van der Waals surface area contributed by atoms with Crippen LogP contribution in [-0.2, 0) is 0 Å². The van der Waals surface area contributed by atoms with E-state index in [0.29, 0.717) is 17.5 Å². The first-order chi connectivity index (χ1) is 26.0. The summed E-state index contributed by atoms with van der Waals surface area (Å²) in [6.07, 6.45) is 0. The summed E-state index contributed by atoms with van der Waals surface area (Å²) >= 11 is 0. The van der Waals surface area contributed by atoms with E-state index < -0.39 is 0 Å². The van der Waals surface area contributed by atoms with Crippen molar-refractivity contribution >= 4 is 177 Å². The van der Waals surface area contributed by atoms with Crippen molar-refractivity contribution in [3.8, 4) is 39.9 Å². The van der Waals surface area contributed by atoms with Crippen molar-refractivity contribution in [3.63, 3.8) is 0 Å². The van der Waals surface area contributed by atoms with Crippen LogP contribution in [-0.4, -0.2) is 98.0 Å². The van der Waals surface area contributed by atoms with Crippen LogP contribution in [0.1, 0.15) is 0 Å². The molecule has 0 bridgehead atoms. The number of benzene rings is 6. The average molecular weight is 683 g/mol. The van der Waals surface area contributed by atoms with Crippen molar-refractivity contribution in [2.45, 2.75) is 0 Å². The highest BCUT2D eigenvalue weighted by Gasteiger charge is 2.23. The van der Waals surface area contributed by atoms with Crippen LogP contribution >= 0.6 is 0 Å². The van der Waals surface area contributed by atoms with E-state index in [9.17, 15) is 0 Å². The molecule has 0 unspecified atom stereocenters. The Bertz CT molecular complexity index is 2880. The molecule has 54 heavy (non-hydrogen) atoms. The first-order valence-electron chi connectivity index (χ1n) is 18.8. The van der Waals surface area contributed by atoms with Gasteiger partial charge in [-0.3, -0.25) is 0 Å². The van der Waals surface area contributed by atoms with E-state index in [1.165, 1.54) is 76.4 Å². The van der Waals surface area contributed by atoms with Gasteiger partial charge >= 0.3 is 0 Å². The molecule has 5 nitrogen and oxygen atoms in total. The van der Waals surface area contributed by atoms with Gasteiger partial charge in [-0.25, -0.2) is 15.0 Å². The van der Waals surface area contributed by atoms with Crippen LogP contribution in [0, 0.1) is 0 Å². The minimum Gasteiger partial charge on any atom is -0.456 e. The number of para-hydroxylation sites is 2. The molecule has 0 radical (unpaired) electrons. The molecular weight excluding hydrogens is 649 g/mol. The molecule has 246 valence electrons. The second-order valence-electron chi connectivity index (χ2n) is 15.1. The van der Waals surface area contributed by atoms with Gasteiger partial charge in [0.1, 0.15) is 89.6 Å². The summed E-state index contributed by atoms with van der Waals surface area (Å²) < 4.78 is 9.06. The van der Waals surface area contributed by atoms with Gasteiger partial charge in [0.25, 0.3) is 0 Å². The molecule has 6 aromatic carbocycles. The van der Waals surface area contributed by atoms with Crippen LogP contribution in [0.2, 0.25) is 0 Å². The van der Waals surface area contributed by atoms with Gasteiger partial charge in [0.2, 0.25) is 0 Å². The second kappa shape index (κ2) is 12.6. The normalized spacial score (nSPS) is 11.7. The van der Waals surface area contributed by atoms with Gasteiger partial charge in [-0.15, -0.1) is 32.8 Å². The zero-order valence-electron chi connectivity index (χ0n) is 32.8. The third kappa shape index (κ3) is 4.97. The smallest absolute Gasteiger partial charge is 0.164 e. The molecule has 3 aromatic heterocycles. The molecule has 15 heteroatoms. The largest absolute Gasteiger partial charge is 0.456 e. The molecule has 0 aliphatic carbocycles. The standard InChI is InChI=1S/C39H34B10N4O/c40-27-25(28(41)32(45)35(48)31(27)44)38-50-37(51-39(52-38)26-29(42)33(46)36(49)34(47)30(26)43)15-12-13-18-23(14-15)54-22-11-5-10-21(24(18)22)53-19-8-3-1-6-16(19)17-7-2-4-9-20(17)53/h1-14H,40-49H2. The van der Waals surface area contributed by atoms with Crippen LogP contribution in [0.3, 0.4) is 0 Å². The molecule has 0 aliphatic rings. The fourth-order valence-electron chi connectivity index (χ4n) is 8.71. The first kappa shape index (κ1) is 34.4. The van der Waals surface area contributed by atoms with E-state index in [1.807, 2.05) is 0 Å². The lowest BCUT2D eigenvalue weighted by molar-refractivity contribution is 0.669. The Hall–Kier alpha value is -5.42. The van der Waals surface area contributed by atoms with Crippen molar-refractivity contribution in [1.82, 2.24) is 19.5 Å². The Kier molecular flexibility index (Phi) is 8.00. The SMILES string of the molecule is Bc1c(B)c(B)c(-c2nc(-c3ccc4c(c3)oc3cccc(-n5c6ccccc6c6ccccc65)c34)nc(-c3c(B)c(B)c(B)c(B)c3B)n2)c(B)c1B. The molecule has 0 saturated heterocycles. The number of fused-ring (bicyclic) bond motifs is 6. The summed E-state index contributed by atoms with van der Waals surface area (Å²) in [4.78, 5) is 15.9. The Labute approximate surface area is 324 Å². The summed E-state index contributed by atoms with van der Waals surface area (Å²) in [7, 11) is 22.0. The Morgan fingerprint density at radius 3 is 1.39 bits per heavy atom. The quantitative estimate of drug-likeness (QED) is 0.173. The minimum absolute atomic E-state index is 0.629. The van der Waals surface area contributed by atoms with Gasteiger partial charge in [-0.2, -0.15) is 0 Å². The third-order valence-electron chi connectivity index (χ3n) is 12.6. The predicted molar refractivity (Wildman–Crippen MR) is 260 cm³/mol. The van der Waals surface area contributed by atoms with Crippen LogP contribution in [0.15, 0.2) is 89.3 Å². The highest BCUT2D eigenvalue weighted by atomic mass is 16.3. The fourth-order valence-corrected chi connectivity index (χ4v) is 8.71. The number of hydrogen-bond donors (Lipinski definition) is 0. The van der Waals surface area contributed by atoms with Gasteiger partial charge in [0.15, 0.2) is 17.5 Å². The van der Waals surface area contributed by atoms with Crippen molar-refractivity contribution in [2.75, 3.05) is 0 Å². The zero-order chi connectivity index (χ0) is 37.7. The molecule has 0 atom stereocenters.